The van der Waals surface area contributed by atoms with Crippen molar-refractivity contribution in [2.45, 2.75) is 45.4 Å². The lowest BCUT2D eigenvalue weighted by Gasteiger charge is -2.11. The molecule has 2 rings (SSSR count). The van der Waals surface area contributed by atoms with E-state index in [0.29, 0.717) is 18.5 Å². The Morgan fingerprint density at radius 1 is 1.44 bits per heavy atom. The lowest BCUT2D eigenvalue weighted by atomic mass is 10.2. The topological polar surface area (TPSA) is 56.3 Å². The van der Waals surface area contributed by atoms with Gasteiger partial charge in [0.05, 0.1) is 24.2 Å². The molecule has 100 valence electrons. The Morgan fingerprint density at radius 3 is 2.94 bits per heavy atom. The van der Waals surface area contributed by atoms with E-state index in [2.05, 4.69) is 29.1 Å². The third kappa shape index (κ3) is 4.23. The van der Waals surface area contributed by atoms with Gasteiger partial charge in [-0.3, -0.25) is 4.98 Å². The van der Waals surface area contributed by atoms with E-state index >= 15 is 0 Å². The Hall–Kier alpha value is -1.20. The molecular weight excluding hydrogens is 230 g/mol. The summed E-state index contributed by atoms with van der Waals surface area (Å²) in [5.74, 6) is 0.568. The van der Waals surface area contributed by atoms with Crippen LogP contribution in [-0.4, -0.2) is 35.3 Å². The van der Waals surface area contributed by atoms with Crippen LogP contribution in [0.15, 0.2) is 12.4 Å². The number of ether oxygens (including phenoxy) is 2. The average Bonchev–Trinajstić information content (AvgIpc) is 2.88. The molecule has 0 spiro atoms. The van der Waals surface area contributed by atoms with Crippen molar-refractivity contribution in [3.63, 3.8) is 0 Å². The number of hydrogen-bond acceptors (Lipinski definition) is 5. The molecule has 0 radical (unpaired) electrons. The fraction of sp³-hybridized carbons (Fsp3) is 0.692. The Balaban J connectivity index is 1.76. The molecule has 0 bridgehead atoms. The van der Waals surface area contributed by atoms with Crippen LogP contribution in [0.25, 0.3) is 0 Å². The molecule has 0 saturated carbocycles. The minimum atomic E-state index is 0.217. The maximum absolute atomic E-state index is 5.55. The van der Waals surface area contributed by atoms with E-state index in [-0.39, 0.29) is 6.10 Å². The first kappa shape index (κ1) is 13.2. The van der Waals surface area contributed by atoms with Gasteiger partial charge < -0.3 is 14.8 Å². The first-order chi connectivity index (χ1) is 8.74. The molecule has 1 aliphatic rings. The summed E-state index contributed by atoms with van der Waals surface area (Å²) in [5.41, 5.74) is 0.924. The molecule has 1 aromatic heterocycles. The summed E-state index contributed by atoms with van der Waals surface area (Å²) in [6.07, 6.45) is 5.84. The molecule has 1 fully saturated rings. The molecule has 1 N–H and O–H groups in total. The summed E-state index contributed by atoms with van der Waals surface area (Å²) in [5, 5.41) is 3.29. The molecule has 0 amide bonds. The van der Waals surface area contributed by atoms with Crippen LogP contribution in [0.4, 0.5) is 0 Å². The SMILES string of the molecule is CC(C)NCc1cnc(OCC2CCCO2)cn1. The highest BCUT2D eigenvalue weighted by molar-refractivity contribution is 5.07. The molecule has 0 aliphatic carbocycles. The lowest BCUT2D eigenvalue weighted by Crippen LogP contribution is -2.22. The third-order valence-electron chi connectivity index (χ3n) is 2.81. The Morgan fingerprint density at radius 2 is 2.33 bits per heavy atom. The number of rotatable bonds is 6. The highest BCUT2D eigenvalue weighted by atomic mass is 16.5. The molecule has 1 aliphatic heterocycles. The summed E-state index contributed by atoms with van der Waals surface area (Å²) < 4.78 is 11.0. The monoisotopic (exact) mass is 251 g/mol. The van der Waals surface area contributed by atoms with Crippen LogP contribution >= 0.6 is 0 Å². The third-order valence-corrected chi connectivity index (χ3v) is 2.81. The summed E-state index contributed by atoms with van der Waals surface area (Å²) in [6.45, 7) is 6.35. The molecule has 1 saturated heterocycles. The summed E-state index contributed by atoms with van der Waals surface area (Å²) in [4.78, 5) is 8.54. The van der Waals surface area contributed by atoms with Crippen molar-refractivity contribution in [3.8, 4) is 5.88 Å². The Bertz CT molecular complexity index is 348. The number of hydrogen-bond donors (Lipinski definition) is 1. The predicted molar refractivity (Wildman–Crippen MR) is 68.5 cm³/mol. The van der Waals surface area contributed by atoms with E-state index < -0.39 is 0 Å². The second-order valence-electron chi connectivity index (χ2n) is 4.83. The molecule has 1 unspecified atom stereocenters. The quantitative estimate of drug-likeness (QED) is 0.831. The van der Waals surface area contributed by atoms with Crippen molar-refractivity contribution in [3.05, 3.63) is 18.1 Å². The van der Waals surface area contributed by atoms with Crippen LogP contribution in [0.1, 0.15) is 32.4 Å². The standard InChI is InChI=1S/C13H21N3O2/c1-10(2)14-6-11-7-16-13(8-15-11)18-9-12-4-3-5-17-12/h7-8,10,12,14H,3-6,9H2,1-2H3. The predicted octanol–water partition coefficient (Wildman–Crippen LogP) is 1.53. The second-order valence-corrected chi connectivity index (χ2v) is 4.83. The zero-order valence-corrected chi connectivity index (χ0v) is 11.1. The van der Waals surface area contributed by atoms with Gasteiger partial charge in [0, 0.05) is 19.2 Å². The van der Waals surface area contributed by atoms with Gasteiger partial charge in [0.2, 0.25) is 5.88 Å². The van der Waals surface area contributed by atoms with Crippen molar-refractivity contribution in [1.82, 2.24) is 15.3 Å². The molecule has 1 aromatic rings. The van der Waals surface area contributed by atoms with Gasteiger partial charge in [-0.2, -0.15) is 0 Å². The van der Waals surface area contributed by atoms with Crippen LogP contribution in [0.5, 0.6) is 5.88 Å². The van der Waals surface area contributed by atoms with E-state index in [9.17, 15) is 0 Å². The highest BCUT2D eigenvalue weighted by Crippen LogP contribution is 2.13. The number of nitrogens with one attached hydrogen (secondary N) is 1. The first-order valence-corrected chi connectivity index (χ1v) is 6.53. The van der Waals surface area contributed by atoms with Crippen molar-refractivity contribution >= 4 is 0 Å². The Kier molecular flexibility index (Phi) is 4.90. The first-order valence-electron chi connectivity index (χ1n) is 6.53. The molecule has 5 heteroatoms. The molecular formula is C13H21N3O2. The molecule has 2 heterocycles. The smallest absolute Gasteiger partial charge is 0.232 e. The summed E-state index contributed by atoms with van der Waals surface area (Å²) >= 11 is 0. The van der Waals surface area contributed by atoms with Crippen LogP contribution < -0.4 is 10.1 Å². The van der Waals surface area contributed by atoms with E-state index in [1.54, 1.807) is 12.4 Å². The lowest BCUT2D eigenvalue weighted by molar-refractivity contribution is 0.0661. The summed E-state index contributed by atoms with van der Waals surface area (Å²) in [6, 6.07) is 0.447. The van der Waals surface area contributed by atoms with Crippen LogP contribution in [0, 0.1) is 0 Å². The van der Waals surface area contributed by atoms with Crippen molar-refractivity contribution in [2.75, 3.05) is 13.2 Å². The van der Waals surface area contributed by atoms with Gasteiger partial charge in [-0.05, 0) is 12.8 Å². The zero-order valence-electron chi connectivity index (χ0n) is 11.1. The van der Waals surface area contributed by atoms with Crippen LogP contribution in [0.3, 0.4) is 0 Å². The molecule has 5 nitrogen and oxygen atoms in total. The van der Waals surface area contributed by atoms with Crippen molar-refractivity contribution < 1.29 is 9.47 Å². The minimum Gasteiger partial charge on any atom is -0.474 e. The number of aromatic nitrogens is 2. The van der Waals surface area contributed by atoms with Gasteiger partial charge in [-0.25, -0.2) is 4.98 Å². The average molecular weight is 251 g/mol. The zero-order chi connectivity index (χ0) is 12.8. The van der Waals surface area contributed by atoms with Crippen LogP contribution in [-0.2, 0) is 11.3 Å². The van der Waals surface area contributed by atoms with E-state index in [0.717, 1.165) is 31.7 Å². The van der Waals surface area contributed by atoms with E-state index in [4.69, 9.17) is 9.47 Å². The normalized spacial score (nSPS) is 19.4. The van der Waals surface area contributed by atoms with Gasteiger partial charge in [-0.1, -0.05) is 13.8 Å². The summed E-state index contributed by atoms with van der Waals surface area (Å²) in [7, 11) is 0. The Labute approximate surface area is 108 Å². The van der Waals surface area contributed by atoms with Gasteiger partial charge in [-0.15, -0.1) is 0 Å². The van der Waals surface area contributed by atoms with Crippen molar-refractivity contribution in [2.24, 2.45) is 0 Å². The maximum atomic E-state index is 5.55. The van der Waals surface area contributed by atoms with Gasteiger partial charge in [0.25, 0.3) is 0 Å². The fourth-order valence-electron chi connectivity index (χ4n) is 1.77. The van der Waals surface area contributed by atoms with E-state index in [1.807, 2.05) is 0 Å². The van der Waals surface area contributed by atoms with Gasteiger partial charge in [0.15, 0.2) is 0 Å². The van der Waals surface area contributed by atoms with Crippen LogP contribution in [0.2, 0.25) is 0 Å². The highest BCUT2D eigenvalue weighted by Gasteiger charge is 2.16. The molecule has 18 heavy (non-hydrogen) atoms. The van der Waals surface area contributed by atoms with Gasteiger partial charge >= 0.3 is 0 Å². The van der Waals surface area contributed by atoms with E-state index in [1.165, 1.54) is 0 Å². The minimum absolute atomic E-state index is 0.217. The maximum Gasteiger partial charge on any atom is 0.232 e. The second kappa shape index (κ2) is 6.66. The largest absolute Gasteiger partial charge is 0.474 e. The van der Waals surface area contributed by atoms with Crippen molar-refractivity contribution in [1.29, 1.82) is 0 Å². The molecule has 0 aromatic carbocycles. The van der Waals surface area contributed by atoms with Gasteiger partial charge in [0.1, 0.15) is 6.61 Å². The molecule has 1 atom stereocenters. The number of nitrogens with zero attached hydrogens (tertiary/aromatic N) is 2. The fourth-order valence-corrected chi connectivity index (χ4v) is 1.77.